The number of aromatic nitrogens is 2. The molecule has 252 valence electrons. The van der Waals surface area contributed by atoms with Gasteiger partial charge in [-0.3, -0.25) is 23.8 Å². The largest absolute Gasteiger partial charge is 0.376 e. The molecule has 0 spiro atoms. The second kappa shape index (κ2) is 13.7. The maximum atomic E-state index is 13.9. The van der Waals surface area contributed by atoms with Gasteiger partial charge in [-0.1, -0.05) is 0 Å². The zero-order chi connectivity index (χ0) is 32.0. The number of carbonyl (C=O) groups excluding carboxylic acids is 1. The fraction of sp³-hybridized carbons (Fsp3) is 0.839. The molecule has 10 atom stereocenters. The van der Waals surface area contributed by atoms with E-state index in [4.69, 9.17) is 21.3 Å². The van der Waals surface area contributed by atoms with Crippen LogP contribution in [0.3, 0.4) is 0 Å². The first-order valence-electron chi connectivity index (χ1n) is 16.5. The van der Waals surface area contributed by atoms with Gasteiger partial charge in [-0.05, 0) is 77.0 Å². The first kappa shape index (κ1) is 33.6. The van der Waals surface area contributed by atoms with Crippen LogP contribution in [0.25, 0.3) is 0 Å². The number of amides is 1. The lowest BCUT2D eigenvalue weighted by Gasteiger charge is -2.47. The molecule has 0 aromatic carbocycles. The summed E-state index contributed by atoms with van der Waals surface area (Å²) >= 11 is 8.49. The molecule has 2 aliphatic carbocycles. The van der Waals surface area contributed by atoms with Gasteiger partial charge in [-0.25, -0.2) is 17.8 Å². The summed E-state index contributed by atoms with van der Waals surface area (Å²) in [5.74, 6) is 0.854. The summed E-state index contributed by atoms with van der Waals surface area (Å²) in [5.41, 5.74) is 1.65. The first-order chi connectivity index (χ1) is 21.4. The standard InChI is InChI=1S/C31H47ClFN5O5S2/c1-17-12-23(29-28(34-17)25(16-44-29)30(39)36-45(3,41)42)22-13-19(32)4-7-27(22)43-11-10-38-18(2)35-26-6-5-21(14-24(26)31(38)40)37-9-8-20(33)15-37/h17,19-23,25,27-29,34H,4-16H2,1-3H3,(H,36,39)/t17?,19?,20-,21-,22?,23?,25?,27?,28?,29?/m0/s1. The van der Waals surface area contributed by atoms with Crippen molar-refractivity contribution in [3.63, 3.8) is 0 Å². The third kappa shape index (κ3) is 7.43. The molecule has 0 bridgehead atoms. The number of hydrogen-bond donors (Lipinski definition) is 2. The van der Waals surface area contributed by atoms with E-state index in [2.05, 4.69) is 21.9 Å². The lowest BCUT2D eigenvalue weighted by molar-refractivity contribution is -0.123. The van der Waals surface area contributed by atoms with Crippen LogP contribution in [0.1, 0.15) is 62.5 Å². The summed E-state index contributed by atoms with van der Waals surface area (Å²) < 4.78 is 48.0. The summed E-state index contributed by atoms with van der Waals surface area (Å²) in [6.45, 7) is 6.01. The van der Waals surface area contributed by atoms with E-state index < -0.39 is 28.0 Å². The van der Waals surface area contributed by atoms with Crippen molar-refractivity contribution in [3.8, 4) is 0 Å². The highest BCUT2D eigenvalue weighted by Crippen LogP contribution is 2.48. The van der Waals surface area contributed by atoms with Gasteiger partial charge in [0.25, 0.3) is 5.56 Å². The Morgan fingerprint density at radius 1 is 1.22 bits per heavy atom. The molecule has 3 saturated heterocycles. The Kier molecular flexibility index (Phi) is 10.2. The number of ether oxygens (including phenoxy) is 1. The highest BCUT2D eigenvalue weighted by molar-refractivity contribution is 8.00. The Morgan fingerprint density at radius 2 is 2.02 bits per heavy atom. The molecule has 1 aromatic heterocycles. The van der Waals surface area contributed by atoms with Gasteiger partial charge < -0.3 is 10.1 Å². The number of piperidine rings is 1. The van der Waals surface area contributed by atoms with Crippen molar-refractivity contribution in [1.29, 1.82) is 0 Å². The Balaban J connectivity index is 1.13. The van der Waals surface area contributed by atoms with Crippen LogP contribution in [0.2, 0.25) is 0 Å². The second-order valence-corrected chi connectivity index (χ2v) is 17.5. The van der Waals surface area contributed by atoms with Crippen LogP contribution < -0.4 is 15.6 Å². The predicted molar refractivity (Wildman–Crippen MR) is 174 cm³/mol. The Hall–Kier alpha value is -1.25. The van der Waals surface area contributed by atoms with Gasteiger partial charge in [0, 0.05) is 53.2 Å². The molecule has 6 rings (SSSR count). The molecule has 1 amide bonds. The number of likely N-dealkylation sites (tertiary alicyclic amines) is 1. The highest BCUT2D eigenvalue weighted by Gasteiger charge is 2.52. The summed E-state index contributed by atoms with van der Waals surface area (Å²) in [4.78, 5) is 33.6. The number of halogens is 2. The predicted octanol–water partition coefficient (Wildman–Crippen LogP) is 2.42. The zero-order valence-corrected chi connectivity index (χ0v) is 28.8. The van der Waals surface area contributed by atoms with Crippen LogP contribution in [0, 0.1) is 24.7 Å². The molecule has 1 aromatic rings. The molecule has 4 fully saturated rings. The Labute approximate surface area is 275 Å². The highest BCUT2D eigenvalue weighted by atomic mass is 35.5. The van der Waals surface area contributed by atoms with E-state index in [1.807, 2.05) is 6.92 Å². The second-order valence-electron chi connectivity index (χ2n) is 13.9. The summed E-state index contributed by atoms with van der Waals surface area (Å²) in [6, 6.07) is 0.237. The van der Waals surface area contributed by atoms with E-state index in [9.17, 15) is 22.4 Å². The minimum absolute atomic E-state index is 0.00130. The van der Waals surface area contributed by atoms with E-state index in [1.165, 1.54) is 0 Å². The van der Waals surface area contributed by atoms with Crippen LogP contribution in [0.15, 0.2) is 4.79 Å². The van der Waals surface area contributed by atoms with Crippen molar-refractivity contribution in [2.24, 2.45) is 17.8 Å². The topological polar surface area (TPSA) is 123 Å². The molecule has 5 aliphatic rings. The van der Waals surface area contributed by atoms with E-state index in [0.29, 0.717) is 44.1 Å². The van der Waals surface area contributed by atoms with Gasteiger partial charge >= 0.3 is 0 Å². The first-order valence-corrected chi connectivity index (χ1v) is 19.9. The van der Waals surface area contributed by atoms with Crippen LogP contribution in [-0.2, 0) is 38.9 Å². The van der Waals surface area contributed by atoms with Crippen molar-refractivity contribution >= 4 is 39.3 Å². The lowest BCUT2D eigenvalue weighted by atomic mass is 9.70. The van der Waals surface area contributed by atoms with Crippen molar-refractivity contribution in [1.82, 2.24) is 24.5 Å². The molecule has 45 heavy (non-hydrogen) atoms. The lowest BCUT2D eigenvalue weighted by Crippen LogP contribution is -2.58. The number of thioether (sulfide) groups is 1. The van der Waals surface area contributed by atoms with Gasteiger partial charge in [0.2, 0.25) is 15.9 Å². The molecule has 1 saturated carbocycles. The fourth-order valence-electron chi connectivity index (χ4n) is 8.64. The summed E-state index contributed by atoms with van der Waals surface area (Å²) in [5, 5.41) is 3.81. The van der Waals surface area contributed by atoms with Gasteiger partial charge in [0.05, 0.1) is 37.1 Å². The number of hydrogen-bond acceptors (Lipinski definition) is 9. The van der Waals surface area contributed by atoms with Crippen LogP contribution in [0.5, 0.6) is 0 Å². The molecule has 2 N–H and O–H groups in total. The third-order valence-corrected chi connectivity index (χ3v) is 13.3. The quantitative estimate of drug-likeness (QED) is 0.397. The van der Waals surface area contributed by atoms with Crippen molar-refractivity contribution < 1.29 is 22.3 Å². The smallest absolute Gasteiger partial charge is 0.257 e. The normalized spacial score (nSPS) is 37.3. The molecule has 10 nitrogen and oxygen atoms in total. The number of aryl methyl sites for hydroxylation is 2. The van der Waals surface area contributed by atoms with Crippen LogP contribution in [0.4, 0.5) is 4.39 Å². The minimum Gasteiger partial charge on any atom is -0.376 e. The van der Waals surface area contributed by atoms with Gasteiger partial charge in [-0.2, -0.15) is 11.8 Å². The molecular formula is C31H47ClFN5O5S2. The van der Waals surface area contributed by atoms with Gasteiger partial charge in [0.1, 0.15) is 12.0 Å². The fourth-order valence-corrected chi connectivity index (χ4v) is 11.3. The van der Waals surface area contributed by atoms with E-state index in [1.54, 1.807) is 16.3 Å². The average molecular weight is 688 g/mol. The van der Waals surface area contributed by atoms with Crippen LogP contribution >= 0.6 is 23.4 Å². The van der Waals surface area contributed by atoms with Crippen molar-refractivity contribution in [2.45, 2.75) is 113 Å². The molecule has 3 aliphatic heterocycles. The molecule has 0 radical (unpaired) electrons. The molecule has 8 unspecified atom stereocenters. The minimum atomic E-state index is -3.63. The third-order valence-electron chi connectivity index (χ3n) is 10.7. The zero-order valence-electron chi connectivity index (χ0n) is 26.4. The molecular weight excluding hydrogens is 641 g/mol. The summed E-state index contributed by atoms with van der Waals surface area (Å²) in [7, 11) is -3.63. The SMILES string of the molecule is Cc1nc2c(c(=O)n1CCOC1CCC(Cl)CC1C1CC(C)NC3C(C(=O)NS(C)(=O)=O)CSC13)C[C@@H](N1CC[C@H](F)C1)CC2. The van der Waals surface area contributed by atoms with Gasteiger partial charge in [-0.15, -0.1) is 11.6 Å². The van der Waals surface area contributed by atoms with Crippen molar-refractivity contribution in [2.75, 3.05) is 31.7 Å². The van der Waals surface area contributed by atoms with E-state index >= 15 is 0 Å². The van der Waals surface area contributed by atoms with Gasteiger partial charge in [0.15, 0.2) is 0 Å². The monoisotopic (exact) mass is 687 g/mol. The van der Waals surface area contributed by atoms with E-state index in [0.717, 1.165) is 62.6 Å². The molecule has 14 heteroatoms. The Bertz CT molecular complexity index is 1430. The number of alkyl halides is 2. The Morgan fingerprint density at radius 3 is 2.76 bits per heavy atom. The maximum Gasteiger partial charge on any atom is 0.257 e. The molecule has 4 heterocycles. The number of nitrogens with one attached hydrogen (secondary N) is 2. The maximum absolute atomic E-state index is 13.9. The van der Waals surface area contributed by atoms with Crippen molar-refractivity contribution in [3.05, 3.63) is 27.4 Å². The number of nitrogens with zero attached hydrogens (tertiary/aromatic N) is 3. The number of sulfonamides is 1. The van der Waals surface area contributed by atoms with Crippen LogP contribution in [-0.4, -0.2) is 102 Å². The number of carbonyl (C=O) groups is 1. The van der Waals surface area contributed by atoms with E-state index in [-0.39, 0.29) is 52.3 Å². The number of fused-ring (bicyclic) bond motifs is 2. The number of rotatable bonds is 8. The summed E-state index contributed by atoms with van der Waals surface area (Å²) in [6.07, 6.45) is 6.50. The average Bonchev–Trinajstić information content (AvgIpc) is 3.60.